The fourth-order valence-electron chi connectivity index (χ4n) is 2.41. The molecule has 2 rings (SSSR count). The van der Waals surface area contributed by atoms with E-state index in [1.54, 1.807) is 0 Å². The normalized spacial score (nSPS) is 20.2. The highest BCUT2D eigenvalue weighted by Crippen LogP contribution is 2.29. The Balaban J connectivity index is 2.35. The van der Waals surface area contributed by atoms with Crippen LogP contribution in [0, 0.1) is 0 Å². The second-order valence-corrected chi connectivity index (χ2v) is 6.88. The number of halogens is 3. The first-order valence-electron chi connectivity index (χ1n) is 6.72. The van der Waals surface area contributed by atoms with Crippen LogP contribution in [0.5, 0.6) is 5.75 Å². The molecule has 0 aliphatic carbocycles. The molecule has 1 aromatic carbocycles. The summed E-state index contributed by atoms with van der Waals surface area (Å²) in [7, 11) is -4.23. The van der Waals surface area contributed by atoms with Crippen LogP contribution in [-0.2, 0) is 14.8 Å². The number of aliphatic carboxylic acids is 1. The molecule has 128 valence electrons. The Bertz CT molecular complexity index is 689. The van der Waals surface area contributed by atoms with Gasteiger partial charge in [0.25, 0.3) is 0 Å². The first-order chi connectivity index (χ1) is 10.6. The number of hydrogen-bond donors (Lipinski definition) is 1. The summed E-state index contributed by atoms with van der Waals surface area (Å²) in [4.78, 5) is 10.8. The number of sulfonamides is 1. The summed E-state index contributed by atoms with van der Waals surface area (Å²) in [6.45, 7) is 0.00363. The Kier molecular flexibility index (Phi) is 4.85. The van der Waals surface area contributed by atoms with Crippen molar-refractivity contribution in [1.29, 1.82) is 0 Å². The Hall–Kier alpha value is -1.81. The van der Waals surface area contributed by atoms with Gasteiger partial charge in [0.1, 0.15) is 11.8 Å². The zero-order chi connectivity index (χ0) is 17.3. The van der Waals surface area contributed by atoms with Crippen molar-refractivity contribution in [3.63, 3.8) is 0 Å². The monoisotopic (exact) mass is 353 g/mol. The van der Waals surface area contributed by atoms with Crippen LogP contribution in [0.1, 0.15) is 19.3 Å². The molecule has 0 spiro atoms. The predicted molar refractivity (Wildman–Crippen MR) is 72.3 cm³/mol. The lowest BCUT2D eigenvalue weighted by Gasteiger charge is -2.31. The molecule has 0 radical (unpaired) electrons. The first-order valence-corrected chi connectivity index (χ1v) is 8.16. The molecule has 1 heterocycles. The summed E-state index contributed by atoms with van der Waals surface area (Å²) in [6, 6.07) is 2.69. The van der Waals surface area contributed by atoms with Crippen molar-refractivity contribution in [2.24, 2.45) is 0 Å². The van der Waals surface area contributed by atoms with Gasteiger partial charge in [-0.05, 0) is 31.4 Å². The Morgan fingerprint density at radius 2 is 2.00 bits per heavy atom. The standard InChI is InChI=1S/C13H14F3NO5S/c14-13(15,16)22-9-4-3-5-10(8-9)23(20,21)17-7-2-1-6-11(17)12(18)19/h3-5,8,11H,1-2,6-7H2,(H,18,19). The van der Waals surface area contributed by atoms with Crippen LogP contribution in [0.4, 0.5) is 13.2 Å². The number of ether oxygens (including phenoxy) is 1. The topological polar surface area (TPSA) is 83.9 Å². The zero-order valence-electron chi connectivity index (χ0n) is 11.8. The maximum Gasteiger partial charge on any atom is 0.573 e. The Morgan fingerprint density at radius 3 is 2.61 bits per heavy atom. The molecule has 1 aliphatic rings. The summed E-state index contributed by atoms with van der Waals surface area (Å²) in [6.07, 6.45) is -3.73. The minimum absolute atomic E-state index is 0.00363. The lowest BCUT2D eigenvalue weighted by Crippen LogP contribution is -2.47. The molecule has 23 heavy (non-hydrogen) atoms. The average molecular weight is 353 g/mol. The number of carboxylic acids is 1. The number of rotatable bonds is 4. The van der Waals surface area contributed by atoms with Gasteiger partial charge in [-0.1, -0.05) is 6.07 Å². The van der Waals surface area contributed by atoms with Gasteiger partial charge < -0.3 is 9.84 Å². The second kappa shape index (κ2) is 6.36. The molecule has 0 saturated carbocycles. The molecule has 1 aliphatic heterocycles. The highest BCUT2D eigenvalue weighted by Gasteiger charge is 2.38. The number of piperidine rings is 1. The fraction of sp³-hybridized carbons (Fsp3) is 0.462. The molecule has 1 aromatic rings. The predicted octanol–water partition coefficient (Wildman–Crippen LogP) is 2.21. The van der Waals surface area contributed by atoms with E-state index in [0.29, 0.717) is 12.8 Å². The van der Waals surface area contributed by atoms with E-state index in [-0.39, 0.29) is 13.0 Å². The summed E-state index contributed by atoms with van der Waals surface area (Å²) in [5.41, 5.74) is 0. The van der Waals surface area contributed by atoms with Crippen molar-refractivity contribution in [2.45, 2.75) is 36.6 Å². The summed E-state index contributed by atoms with van der Waals surface area (Å²) >= 11 is 0. The van der Waals surface area contributed by atoms with Gasteiger partial charge in [0, 0.05) is 12.6 Å². The molecule has 1 fully saturated rings. The number of carboxylic acid groups (broad SMARTS) is 1. The van der Waals surface area contributed by atoms with Crippen LogP contribution in [0.2, 0.25) is 0 Å². The van der Waals surface area contributed by atoms with Crippen molar-refractivity contribution in [3.05, 3.63) is 24.3 Å². The molecule has 1 atom stereocenters. The van der Waals surface area contributed by atoms with Gasteiger partial charge >= 0.3 is 12.3 Å². The van der Waals surface area contributed by atoms with Crippen LogP contribution >= 0.6 is 0 Å². The zero-order valence-corrected chi connectivity index (χ0v) is 12.6. The maximum atomic E-state index is 12.5. The highest BCUT2D eigenvalue weighted by atomic mass is 32.2. The third-order valence-electron chi connectivity index (χ3n) is 3.38. The van der Waals surface area contributed by atoms with Gasteiger partial charge in [-0.2, -0.15) is 4.31 Å². The van der Waals surface area contributed by atoms with Gasteiger partial charge in [-0.3, -0.25) is 4.79 Å². The van der Waals surface area contributed by atoms with Gasteiger partial charge in [0.2, 0.25) is 10.0 Å². The quantitative estimate of drug-likeness (QED) is 0.897. The number of carbonyl (C=O) groups is 1. The second-order valence-electron chi connectivity index (χ2n) is 4.99. The van der Waals surface area contributed by atoms with Crippen LogP contribution in [-0.4, -0.2) is 42.7 Å². The van der Waals surface area contributed by atoms with E-state index in [4.69, 9.17) is 5.11 Å². The average Bonchev–Trinajstić information content (AvgIpc) is 2.45. The number of alkyl halides is 3. The lowest BCUT2D eigenvalue weighted by atomic mass is 10.1. The van der Waals surface area contributed by atoms with E-state index in [2.05, 4.69) is 4.74 Å². The SMILES string of the molecule is O=C(O)C1CCCCN1S(=O)(=O)c1cccc(OC(F)(F)F)c1. The molecule has 0 amide bonds. The van der Waals surface area contributed by atoms with Gasteiger partial charge in [0.05, 0.1) is 4.90 Å². The van der Waals surface area contributed by atoms with E-state index in [1.807, 2.05) is 0 Å². The minimum atomic E-state index is -4.95. The van der Waals surface area contributed by atoms with Crippen molar-refractivity contribution < 1.29 is 36.2 Å². The van der Waals surface area contributed by atoms with Crippen molar-refractivity contribution in [2.75, 3.05) is 6.54 Å². The van der Waals surface area contributed by atoms with Crippen molar-refractivity contribution >= 4 is 16.0 Å². The molecule has 1 unspecified atom stereocenters. The van der Waals surface area contributed by atoms with Crippen molar-refractivity contribution in [1.82, 2.24) is 4.31 Å². The van der Waals surface area contributed by atoms with E-state index in [0.717, 1.165) is 28.6 Å². The van der Waals surface area contributed by atoms with Gasteiger partial charge in [0.15, 0.2) is 0 Å². The largest absolute Gasteiger partial charge is 0.573 e. The summed E-state index contributed by atoms with van der Waals surface area (Å²) in [5, 5.41) is 9.15. The van der Waals surface area contributed by atoms with Crippen LogP contribution < -0.4 is 4.74 Å². The van der Waals surface area contributed by atoms with Crippen LogP contribution in [0.15, 0.2) is 29.2 Å². The van der Waals surface area contributed by atoms with Crippen LogP contribution in [0.3, 0.4) is 0 Å². The van der Waals surface area contributed by atoms with E-state index >= 15 is 0 Å². The smallest absolute Gasteiger partial charge is 0.480 e. The lowest BCUT2D eigenvalue weighted by molar-refractivity contribution is -0.274. The molecule has 0 aromatic heterocycles. The molecular formula is C13H14F3NO5S. The van der Waals surface area contributed by atoms with Crippen molar-refractivity contribution in [3.8, 4) is 5.75 Å². The molecular weight excluding hydrogens is 339 g/mol. The minimum Gasteiger partial charge on any atom is -0.480 e. The molecule has 6 nitrogen and oxygen atoms in total. The molecule has 1 saturated heterocycles. The Labute approximate surface area is 130 Å². The molecule has 0 bridgehead atoms. The summed E-state index contributed by atoms with van der Waals surface area (Å²) < 4.78 is 66.3. The van der Waals surface area contributed by atoms with Crippen LogP contribution in [0.25, 0.3) is 0 Å². The molecule has 10 heteroatoms. The molecule has 1 N–H and O–H groups in total. The maximum absolute atomic E-state index is 12.5. The van der Waals surface area contributed by atoms with Gasteiger partial charge in [-0.25, -0.2) is 8.42 Å². The van der Waals surface area contributed by atoms with E-state index in [9.17, 15) is 26.4 Å². The van der Waals surface area contributed by atoms with E-state index < -0.39 is 39.0 Å². The number of hydrogen-bond acceptors (Lipinski definition) is 4. The number of benzene rings is 1. The third-order valence-corrected chi connectivity index (χ3v) is 5.29. The highest BCUT2D eigenvalue weighted by molar-refractivity contribution is 7.89. The Morgan fingerprint density at radius 1 is 1.30 bits per heavy atom. The third kappa shape index (κ3) is 4.14. The first kappa shape index (κ1) is 17.5. The number of nitrogens with zero attached hydrogens (tertiary/aromatic N) is 1. The van der Waals surface area contributed by atoms with Gasteiger partial charge in [-0.15, -0.1) is 13.2 Å². The van der Waals surface area contributed by atoms with E-state index in [1.165, 1.54) is 0 Å². The fourth-order valence-corrected chi connectivity index (χ4v) is 4.09. The summed E-state index contributed by atoms with van der Waals surface area (Å²) in [5.74, 6) is -1.96.